The first-order chi connectivity index (χ1) is 12.5. The molecule has 0 saturated heterocycles. The van der Waals surface area contributed by atoms with E-state index in [1.165, 1.54) is 6.07 Å². The van der Waals surface area contributed by atoms with Crippen LogP contribution in [0.5, 0.6) is 17.2 Å². The Morgan fingerprint density at radius 2 is 1.88 bits per heavy atom. The second kappa shape index (κ2) is 7.94. The molecule has 0 saturated carbocycles. The van der Waals surface area contributed by atoms with Crippen LogP contribution in [0.15, 0.2) is 41.3 Å². The van der Waals surface area contributed by atoms with Gasteiger partial charge in [0.05, 0.1) is 11.5 Å². The summed E-state index contributed by atoms with van der Waals surface area (Å²) in [6.45, 7) is 3.02. The fourth-order valence-electron chi connectivity index (χ4n) is 2.50. The molecular formula is C18H21NO6S. The number of hydrogen-bond donors (Lipinski definition) is 1. The average Bonchev–Trinajstić information content (AvgIpc) is 3.09. The Bertz CT molecular complexity index is 881. The van der Waals surface area contributed by atoms with Gasteiger partial charge in [0, 0.05) is 13.7 Å². The molecule has 140 valence electrons. The van der Waals surface area contributed by atoms with Gasteiger partial charge in [-0.15, -0.1) is 0 Å². The van der Waals surface area contributed by atoms with E-state index in [1.807, 2.05) is 0 Å². The van der Waals surface area contributed by atoms with E-state index in [-0.39, 0.29) is 18.2 Å². The summed E-state index contributed by atoms with van der Waals surface area (Å²) in [6, 6.07) is 10.1. The van der Waals surface area contributed by atoms with Gasteiger partial charge in [-0.05, 0) is 48.4 Å². The second-order valence-corrected chi connectivity index (χ2v) is 7.55. The molecule has 1 aliphatic heterocycles. The van der Waals surface area contributed by atoms with Gasteiger partial charge >= 0.3 is 0 Å². The number of hydrogen-bond acceptors (Lipinski definition) is 6. The van der Waals surface area contributed by atoms with Crippen LogP contribution < -0.4 is 18.9 Å². The minimum atomic E-state index is -3.64. The van der Waals surface area contributed by atoms with Crippen LogP contribution in [0.25, 0.3) is 0 Å². The summed E-state index contributed by atoms with van der Waals surface area (Å²) in [5.41, 5.74) is 1.53. The van der Waals surface area contributed by atoms with Crippen molar-refractivity contribution in [3.05, 3.63) is 47.5 Å². The Kier molecular flexibility index (Phi) is 5.65. The van der Waals surface area contributed by atoms with Gasteiger partial charge in [0.2, 0.25) is 16.8 Å². The summed E-state index contributed by atoms with van der Waals surface area (Å²) in [5, 5.41) is 0. The minimum Gasteiger partial charge on any atom is -0.491 e. The molecule has 0 fully saturated rings. The Morgan fingerprint density at radius 1 is 1.08 bits per heavy atom. The van der Waals surface area contributed by atoms with Crippen molar-refractivity contribution in [1.82, 2.24) is 4.72 Å². The summed E-state index contributed by atoms with van der Waals surface area (Å²) in [6.07, 6.45) is 0. The van der Waals surface area contributed by atoms with E-state index in [2.05, 4.69) is 4.72 Å². The van der Waals surface area contributed by atoms with E-state index in [9.17, 15) is 8.42 Å². The van der Waals surface area contributed by atoms with Crippen LogP contribution >= 0.6 is 0 Å². The monoisotopic (exact) mass is 379 g/mol. The van der Waals surface area contributed by atoms with Gasteiger partial charge in [-0.25, -0.2) is 13.1 Å². The summed E-state index contributed by atoms with van der Waals surface area (Å²) in [4.78, 5) is 0.190. The molecule has 7 nitrogen and oxygen atoms in total. The third-order valence-corrected chi connectivity index (χ3v) is 5.30. The highest BCUT2D eigenvalue weighted by Gasteiger charge is 2.17. The Balaban J connectivity index is 1.67. The molecule has 8 heteroatoms. The normalized spacial score (nSPS) is 13.0. The lowest BCUT2D eigenvalue weighted by molar-refractivity contribution is 0.146. The van der Waals surface area contributed by atoms with Crippen molar-refractivity contribution < 1.29 is 27.4 Å². The van der Waals surface area contributed by atoms with Crippen LogP contribution in [0.2, 0.25) is 0 Å². The molecule has 3 rings (SSSR count). The van der Waals surface area contributed by atoms with Crippen molar-refractivity contribution in [2.45, 2.75) is 18.4 Å². The number of benzene rings is 2. The summed E-state index contributed by atoms with van der Waals surface area (Å²) in [5.74, 6) is 1.92. The average molecular weight is 379 g/mol. The minimum absolute atomic E-state index is 0.157. The molecule has 0 atom stereocenters. The highest BCUT2D eigenvalue weighted by atomic mass is 32.2. The zero-order valence-corrected chi connectivity index (χ0v) is 15.5. The molecule has 2 aromatic carbocycles. The van der Waals surface area contributed by atoms with Crippen molar-refractivity contribution in [3.63, 3.8) is 0 Å². The van der Waals surface area contributed by atoms with Gasteiger partial charge in [0.25, 0.3) is 0 Å². The molecule has 1 heterocycles. The highest BCUT2D eigenvalue weighted by molar-refractivity contribution is 7.89. The number of rotatable bonds is 8. The largest absolute Gasteiger partial charge is 0.491 e. The maximum Gasteiger partial charge on any atom is 0.240 e. The maximum absolute atomic E-state index is 12.5. The predicted octanol–water partition coefficient (Wildman–Crippen LogP) is 2.23. The van der Waals surface area contributed by atoms with Gasteiger partial charge in [-0.3, -0.25) is 0 Å². The fourth-order valence-corrected chi connectivity index (χ4v) is 3.60. The summed E-state index contributed by atoms with van der Waals surface area (Å²) in [7, 11) is -2.04. The molecule has 0 spiro atoms. The third kappa shape index (κ3) is 4.27. The number of fused-ring (bicyclic) bond motifs is 1. The number of nitrogens with one attached hydrogen (secondary N) is 1. The number of aryl methyl sites for hydroxylation is 1. The third-order valence-electron chi connectivity index (χ3n) is 3.91. The zero-order chi connectivity index (χ0) is 18.6. The second-order valence-electron chi connectivity index (χ2n) is 5.78. The molecule has 2 aromatic rings. The van der Waals surface area contributed by atoms with E-state index < -0.39 is 10.0 Å². The van der Waals surface area contributed by atoms with Crippen molar-refractivity contribution in [1.29, 1.82) is 0 Å². The van der Waals surface area contributed by atoms with Crippen LogP contribution in [0, 0.1) is 6.92 Å². The molecule has 0 unspecified atom stereocenters. The first-order valence-corrected chi connectivity index (χ1v) is 9.58. The standard InChI is InChI=1S/C18H21NO6S/c1-13-9-15(4-6-16(13)23-8-7-22-2)26(20,21)19-11-14-3-5-17-18(10-14)25-12-24-17/h3-6,9-10,19H,7-8,11-12H2,1-2H3. The van der Waals surface area contributed by atoms with Crippen molar-refractivity contribution in [2.24, 2.45) is 0 Å². The molecule has 1 aliphatic rings. The lowest BCUT2D eigenvalue weighted by Gasteiger charge is -2.12. The van der Waals surface area contributed by atoms with Crippen molar-refractivity contribution in [2.75, 3.05) is 27.1 Å². The van der Waals surface area contributed by atoms with Gasteiger partial charge in [-0.2, -0.15) is 0 Å². The topological polar surface area (TPSA) is 83.1 Å². The van der Waals surface area contributed by atoms with Crippen LogP contribution in [-0.2, 0) is 21.3 Å². The summed E-state index contributed by atoms with van der Waals surface area (Å²) < 4.78 is 48.7. The van der Waals surface area contributed by atoms with Crippen molar-refractivity contribution >= 4 is 10.0 Å². The first-order valence-electron chi connectivity index (χ1n) is 8.10. The first kappa shape index (κ1) is 18.5. The van der Waals surface area contributed by atoms with Gasteiger partial charge < -0.3 is 18.9 Å². The maximum atomic E-state index is 12.5. The smallest absolute Gasteiger partial charge is 0.240 e. The molecule has 0 radical (unpaired) electrons. The quantitative estimate of drug-likeness (QED) is 0.708. The van der Waals surface area contributed by atoms with E-state index in [1.54, 1.807) is 44.4 Å². The lowest BCUT2D eigenvalue weighted by Crippen LogP contribution is -2.23. The molecule has 0 amide bonds. The van der Waals surface area contributed by atoms with Crippen LogP contribution in [0.1, 0.15) is 11.1 Å². The molecule has 26 heavy (non-hydrogen) atoms. The van der Waals surface area contributed by atoms with E-state index in [4.69, 9.17) is 18.9 Å². The summed E-state index contributed by atoms with van der Waals surface area (Å²) >= 11 is 0. The molecule has 0 aromatic heterocycles. The Labute approximate surface area is 152 Å². The Hall–Kier alpha value is -2.29. The molecular weight excluding hydrogens is 358 g/mol. The fraction of sp³-hybridized carbons (Fsp3) is 0.333. The lowest BCUT2D eigenvalue weighted by atomic mass is 10.2. The predicted molar refractivity (Wildman–Crippen MR) is 95.1 cm³/mol. The molecule has 0 bridgehead atoms. The zero-order valence-electron chi connectivity index (χ0n) is 14.7. The number of ether oxygens (including phenoxy) is 4. The van der Waals surface area contributed by atoms with E-state index >= 15 is 0 Å². The van der Waals surface area contributed by atoms with Gasteiger partial charge in [0.1, 0.15) is 12.4 Å². The van der Waals surface area contributed by atoms with Crippen LogP contribution in [0.3, 0.4) is 0 Å². The van der Waals surface area contributed by atoms with Crippen molar-refractivity contribution in [3.8, 4) is 17.2 Å². The Morgan fingerprint density at radius 3 is 2.65 bits per heavy atom. The van der Waals surface area contributed by atoms with Gasteiger partial charge in [-0.1, -0.05) is 6.07 Å². The number of methoxy groups -OCH3 is 1. The van der Waals surface area contributed by atoms with Crippen LogP contribution in [-0.4, -0.2) is 35.5 Å². The molecule has 1 N–H and O–H groups in total. The number of sulfonamides is 1. The van der Waals surface area contributed by atoms with Gasteiger partial charge in [0.15, 0.2) is 11.5 Å². The SMILES string of the molecule is COCCOc1ccc(S(=O)(=O)NCc2ccc3c(c2)OCO3)cc1C. The van der Waals surface area contributed by atoms with Crippen LogP contribution in [0.4, 0.5) is 0 Å². The highest BCUT2D eigenvalue weighted by Crippen LogP contribution is 2.32. The molecule has 0 aliphatic carbocycles. The van der Waals surface area contributed by atoms with E-state index in [0.29, 0.717) is 30.5 Å². The van der Waals surface area contributed by atoms with E-state index in [0.717, 1.165) is 11.1 Å².